The van der Waals surface area contributed by atoms with Gasteiger partial charge in [0.2, 0.25) is 0 Å². The number of esters is 4. The van der Waals surface area contributed by atoms with Crippen LogP contribution < -0.4 is 0 Å². The van der Waals surface area contributed by atoms with E-state index >= 15 is 0 Å². The van der Waals surface area contributed by atoms with Crippen molar-refractivity contribution in [2.75, 3.05) is 39.6 Å². The Hall–Kier alpha value is -1.94. The molecule has 0 aromatic carbocycles. The SMILES string of the molecule is CCCCCCCCCCCC(=O)OC[C@H](COP(=O)(O)OC[C@H](O)COP(=O)(O)OC[C@@H](COC(=O)CCCCCCCCCCCCC(C)C)OC(=O)CCCCCCCCCCCCCCCCCCCCC(C)CC)OC(=O)CCCCCCCCCCC. The predicted octanol–water partition coefficient (Wildman–Crippen LogP) is 21.6. The predicted molar refractivity (Wildman–Crippen MR) is 377 cm³/mol. The van der Waals surface area contributed by atoms with Crippen molar-refractivity contribution in [3.8, 4) is 0 Å². The van der Waals surface area contributed by atoms with Crippen LogP contribution in [0.4, 0.5) is 0 Å². The first-order valence-corrected chi connectivity index (χ1v) is 41.5. The fourth-order valence-electron chi connectivity index (χ4n) is 11.3. The molecule has 93 heavy (non-hydrogen) atoms. The van der Waals surface area contributed by atoms with Crippen molar-refractivity contribution >= 4 is 39.5 Å². The van der Waals surface area contributed by atoms with E-state index in [9.17, 15) is 43.2 Å². The second-order valence-electron chi connectivity index (χ2n) is 27.4. The third kappa shape index (κ3) is 67.0. The highest BCUT2D eigenvalue weighted by molar-refractivity contribution is 7.47. The van der Waals surface area contributed by atoms with Gasteiger partial charge in [-0.25, -0.2) is 9.13 Å². The minimum Gasteiger partial charge on any atom is -0.462 e. The van der Waals surface area contributed by atoms with Crippen LogP contribution in [0.1, 0.15) is 382 Å². The van der Waals surface area contributed by atoms with E-state index in [2.05, 4.69) is 41.5 Å². The van der Waals surface area contributed by atoms with Crippen LogP contribution in [0.25, 0.3) is 0 Å². The Bertz CT molecular complexity index is 1810. The number of hydrogen-bond acceptors (Lipinski definition) is 15. The van der Waals surface area contributed by atoms with E-state index < -0.39 is 97.5 Å². The summed E-state index contributed by atoms with van der Waals surface area (Å²) in [7, 11) is -9.90. The van der Waals surface area contributed by atoms with E-state index in [0.717, 1.165) is 102 Å². The van der Waals surface area contributed by atoms with Gasteiger partial charge in [0.05, 0.1) is 26.4 Å². The highest BCUT2D eigenvalue weighted by Crippen LogP contribution is 2.45. The van der Waals surface area contributed by atoms with Gasteiger partial charge in [0.25, 0.3) is 0 Å². The van der Waals surface area contributed by atoms with Gasteiger partial charge < -0.3 is 33.8 Å². The average Bonchev–Trinajstić information content (AvgIpc) is 3.25. The number of hydrogen-bond donors (Lipinski definition) is 3. The zero-order valence-electron chi connectivity index (χ0n) is 60.6. The summed E-state index contributed by atoms with van der Waals surface area (Å²) in [6, 6.07) is 0. The molecular weight excluding hydrogens is 1220 g/mol. The van der Waals surface area contributed by atoms with E-state index in [1.54, 1.807) is 0 Å². The van der Waals surface area contributed by atoms with Gasteiger partial charge in [-0.2, -0.15) is 0 Å². The molecule has 3 unspecified atom stereocenters. The van der Waals surface area contributed by atoms with Gasteiger partial charge in [-0.15, -0.1) is 0 Å². The topological polar surface area (TPSA) is 237 Å². The molecule has 0 spiro atoms. The zero-order chi connectivity index (χ0) is 68.6. The summed E-state index contributed by atoms with van der Waals surface area (Å²) in [6.45, 7) is 9.60. The fraction of sp³-hybridized carbons (Fsp3) is 0.946. The fourth-order valence-corrected chi connectivity index (χ4v) is 12.8. The van der Waals surface area contributed by atoms with Crippen molar-refractivity contribution < 1.29 is 80.2 Å². The normalized spacial score (nSPS) is 14.3. The van der Waals surface area contributed by atoms with Crippen LogP contribution in [0.5, 0.6) is 0 Å². The summed E-state index contributed by atoms with van der Waals surface area (Å²) in [6.07, 6.45) is 52.8. The smallest absolute Gasteiger partial charge is 0.462 e. The van der Waals surface area contributed by atoms with Crippen molar-refractivity contribution in [1.29, 1.82) is 0 Å². The van der Waals surface area contributed by atoms with E-state index in [4.69, 9.17) is 37.0 Å². The number of carbonyl (C=O) groups excluding carboxylic acids is 4. The molecule has 0 rings (SSSR count). The van der Waals surface area contributed by atoms with Crippen molar-refractivity contribution in [3.63, 3.8) is 0 Å². The average molecular weight is 1370 g/mol. The molecule has 0 amide bonds. The first kappa shape index (κ1) is 91.1. The lowest BCUT2D eigenvalue weighted by Gasteiger charge is -2.21. The number of rotatable bonds is 73. The lowest BCUT2D eigenvalue weighted by molar-refractivity contribution is -0.161. The van der Waals surface area contributed by atoms with Crippen LogP contribution in [0.2, 0.25) is 0 Å². The molecular formula is C74H144O17P2. The second kappa shape index (κ2) is 66.0. The molecule has 0 saturated heterocycles. The number of unbranched alkanes of at least 4 members (excludes halogenated alkanes) is 42. The van der Waals surface area contributed by atoms with Crippen LogP contribution in [0.15, 0.2) is 0 Å². The summed E-state index contributed by atoms with van der Waals surface area (Å²) in [5.74, 6) is -0.492. The van der Waals surface area contributed by atoms with Crippen LogP contribution in [-0.4, -0.2) is 96.7 Å². The third-order valence-corrected chi connectivity index (χ3v) is 19.5. The van der Waals surface area contributed by atoms with E-state index in [1.807, 2.05) is 0 Å². The number of phosphoric acid groups is 2. The first-order chi connectivity index (χ1) is 44.9. The molecule has 0 aliphatic carbocycles. The van der Waals surface area contributed by atoms with Crippen molar-refractivity contribution in [2.24, 2.45) is 11.8 Å². The van der Waals surface area contributed by atoms with Gasteiger partial charge in [-0.3, -0.25) is 37.3 Å². The maximum atomic E-state index is 13.1. The van der Waals surface area contributed by atoms with Crippen LogP contribution in [0, 0.1) is 11.8 Å². The minimum absolute atomic E-state index is 0.106. The molecule has 552 valence electrons. The van der Waals surface area contributed by atoms with Gasteiger partial charge >= 0.3 is 39.5 Å². The Labute approximate surface area is 568 Å². The zero-order valence-corrected chi connectivity index (χ0v) is 62.3. The molecule has 0 heterocycles. The maximum absolute atomic E-state index is 13.1. The highest BCUT2D eigenvalue weighted by atomic mass is 31.2. The van der Waals surface area contributed by atoms with E-state index in [1.165, 1.54) is 199 Å². The third-order valence-electron chi connectivity index (χ3n) is 17.6. The Morgan fingerprint density at radius 2 is 0.548 bits per heavy atom. The number of carbonyl (C=O) groups is 4. The van der Waals surface area contributed by atoms with Crippen LogP contribution in [-0.2, 0) is 65.4 Å². The molecule has 0 aromatic rings. The van der Waals surface area contributed by atoms with Crippen molar-refractivity contribution in [2.45, 2.75) is 400 Å². The Kier molecular flexibility index (Phi) is 64.6. The van der Waals surface area contributed by atoms with Crippen LogP contribution in [0.3, 0.4) is 0 Å². The monoisotopic (exact) mass is 1370 g/mol. The molecule has 0 saturated carbocycles. The van der Waals surface area contributed by atoms with Gasteiger partial charge in [0.15, 0.2) is 12.2 Å². The molecule has 3 N–H and O–H groups in total. The molecule has 6 atom stereocenters. The number of aliphatic hydroxyl groups excluding tert-OH is 1. The minimum atomic E-state index is -4.95. The summed E-state index contributed by atoms with van der Waals surface area (Å²) >= 11 is 0. The molecule has 17 nitrogen and oxygen atoms in total. The standard InChI is InChI=1S/C74H144O17P2/c1-7-10-12-14-16-30-38-44-50-56-71(76)84-62-69(90-73(78)58-52-46-40-31-17-15-13-11-8-2)64-88-92(80,81)86-60-68(75)61-87-93(82,83)89-65-70(63-85-72(77)57-51-45-39-34-29-28-32-36-42-48-54-66(4)5)91-74(79)59-53-47-41-35-27-25-23-21-19-18-20-22-24-26-33-37-43-49-55-67(6)9-3/h66-70,75H,7-65H2,1-6H3,(H,80,81)(H,82,83)/t67?,68-,69+,70+/m0/s1. The highest BCUT2D eigenvalue weighted by Gasteiger charge is 2.30. The Balaban J connectivity index is 5.15. The molecule has 19 heteroatoms. The van der Waals surface area contributed by atoms with Gasteiger partial charge in [0.1, 0.15) is 19.3 Å². The van der Waals surface area contributed by atoms with E-state index in [0.29, 0.717) is 25.7 Å². The lowest BCUT2D eigenvalue weighted by Crippen LogP contribution is -2.30. The molecule has 0 aliphatic heterocycles. The number of ether oxygens (including phenoxy) is 4. The van der Waals surface area contributed by atoms with E-state index in [-0.39, 0.29) is 25.7 Å². The molecule has 0 aliphatic rings. The summed E-state index contributed by atoms with van der Waals surface area (Å²) in [5.41, 5.74) is 0. The number of phosphoric ester groups is 2. The maximum Gasteiger partial charge on any atom is 0.472 e. The Morgan fingerprint density at radius 3 is 0.817 bits per heavy atom. The Morgan fingerprint density at radius 1 is 0.312 bits per heavy atom. The van der Waals surface area contributed by atoms with Crippen molar-refractivity contribution in [1.82, 2.24) is 0 Å². The van der Waals surface area contributed by atoms with Crippen LogP contribution >= 0.6 is 15.6 Å². The van der Waals surface area contributed by atoms with Crippen molar-refractivity contribution in [3.05, 3.63) is 0 Å². The summed E-state index contributed by atoms with van der Waals surface area (Å²) in [5, 5.41) is 10.6. The first-order valence-electron chi connectivity index (χ1n) is 38.5. The van der Waals surface area contributed by atoms with Gasteiger partial charge in [0, 0.05) is 25.7 Å². The summed E-state index contributed by atoms with van der Waals surface area (Å²) < 4.78 is 68.3. The molecule has 0 bridgehead atoms. The molecule has 0 radical (unpaired) electrons. The molecule has 0 fully saturated rings. The van der Waals surface area contributed by atoms with Gasteiger partial charge in [-0.05, 0) is 37.5 Å². The largest absolute Gasteiger partial charge is 0.472 e. The summed E-state index contributed by atoms with van der Waals surface area (Å²) in [4.78, 5) is 72.5. The number of aliphatic hydroxyl groups is 1. The quantitative estimate of drug-likeness (QED) is 0.0222. The van der Waals surface area contributed by atoms with Gasteiger partial charge in [-0.1, -0.05) is 330 Å². The molecule has 0 aromatic heterocycles. The second-order valence-corrected chi connectivity index (χ2v) is 30.3. The lowest BCUT2D eigenvalue weighted by atomic mass is 9.99.